The number of aromatic amines is 1. The molecule has 22 heavy (non-hydrogen) atoms. The molecule has 1 aliphatic rings. The lowest BCUT2D eigenvalue weighted by Crippen LogP contribution is -2.56. The van der Waals surface area contributed by atoms with Gasteiger partial charge in [-0.05, 0) is 12.1 Å². The molecule has 0 aromatic carbocycles. The number of hydrogen-bond donors (Lipinski definition) is 1. The fourth-order valence-corrected chi connectivity index (χ4v) is 2.02. The third-order valence-electron chi connectivity index (χ3n) is 3.18. The largest absolute Gasteiger partial charge is 0.471 e. The van der Waals surface area contributed by atoms with Gasteiger partial charge in [0.2, 0.25) is 5.88 Å². The summed E-state index contributed by atoms with van der Waals surface area (Å²) in [7, 11) is 0. The fourth-order valence-electron chi connectivity index (χ4n) is 2.02. The van der Waals surface area contributed by atoms with Crippen LogP contribution in [-0.4, -0.2) is 45.2 Å². The summed E-state index contributed by atoms with van der Waals surface area (Å²) in [6, 6.07) is 7.78. The van der Waals surface area contributed by atoms with E-state index in [4.69, 9.17) is 10.00 Å². The Morgan fingerprint density at radius 2 is 2.23 bits per heavy atom. The van der Waals surface area contributed by atoms with Gasteiger partial charge >= 0.3 is 0 Å². The van der Waals surface area contributed by atoms with Gasteiger partial charge in [-0.3, -0.25) is 9.59 Å². The summed E-state index contributed by atoms with van der Waals surface area (Å²) in [6.45, 7) is 0.802. The highest BCUT2D eigenvalue weighted by Crippen LogP contribution is 2.18. The summed E-state index contributed by atoms with van der Waals surface area (Å²) in [4.78, 5) is 28.5. The number of nitrogens with one attached hydrogen (secondary N) is 1. The van der Waals surface area contributed by atoms with E-state index in [1.807, 2.05) is 6.07 Å². The molecule has 3 heterocycles. The van der Waals surface area contributed by atoms with E-state index in [0.29, 0.717) is 24.5 Å². The Bertz CT molecular complexity index is 784. The monoisotopic (exact) mass is 297 g/mol. The summed E-state index contributed by atoms with van der Waals surface area (Å²) in [5.41, 5.74) is 0.294. The van der Waals surface area contributed by atoms with E-state index in [2.05, 4.69) is 15.2 Å². The zero-order valence-corrected chi connectivity index (χ0v) is 11.4. The smallest absolute Gasteiger partial charge is 0.274 e. The van der Waals surface area contributed by atoms with Crippen molar-refractivity contribution in [3.05, 3.63) is 52.1 Å². The van der Waals surface area contributed by atoms with Gasteiger partial charge in [0, 0.05) is 18.3 Å². The van der Waals surface area contributed by atoms with Crippen LogP contribution >= 0.6 is 0 Å². The topological polar surface area (TPSA) is 112 Å². The number of pyridine rings is 1. The van der Waals surface area contributed by atoms with E-state index < -0.39 is 0 Å². The number of ether oxygens (including phenoxy) is 1. The van der Waals surface area contributed by atoms with E-state index in [1.165, 1.54) is 18.3 Å². The number of H-pyrrole nitrogens is 1. The van der Waals surface area contributed by atoms with Gasteiger partial charge in [-0.2, -0.15) is 10.4 Å². The number of carbonyl (C=O) groups excluding carboxylic acids is 1. The molecule has 1 N–H and O–H groups in total. The lowest BCUT2D eigenvalue weighted by Gasteiger charge is -2.38. The number of amides is 1. The lowest BCUT2D eigenvalue weighted by atomic mass is 10.1. The normalized spacial score (nSPS) is 14.0. The van der Waals surface area contributed by atoms with Crippen molar-refractivity contribution in [1.82, 2.24) is 20.1 Å². The van der Waals surface area contributed by atoms with Crippen molar-refractivity contribution >= 4 is 5.91 Å². The number of nitrogens with zero attached hydrogens (tertiary/aromatic N) is 4. The maximum atomic E-state index is 12.1. The fraction of sp³-hybridized carbons (Fsp3) is 0.214. The molecule has 0 spiro atoms. The van der Waals surface area contributed by atoms with Crippen molar-refractivity contribution in [1.29, 1.82) is 5.26 Å². The van der Waals surface area contributed by atoms with Crippen LogP contribution in [0.25, 0.3) is 0 Å². The van der Waals surface area contributed by atoms with Gasteiger partial charge in [0.25, 0.3) is 11.5 Å². The van der Waals surface area contributed by atoms with Crippen molar-refractivity contribution in [3.8, 4) is 11.9 Å². The number of hydrogen-bond acceptors (Lipinski definition) is 6. The van der Waals surface area contributed by atoms with Crippen LogP contribution in [0.2, 0.25) is 0 Å². The first-order valence-electron chi connectivity index (χ1n) is 6.53. The maximum Gasteiger partial charge on any atom is 0.274 e. The molecular formula is C14H11N5O3. The highest BCUT2D eigenvalue weighted by molar-refractivity contribution is 5.92. The minimum Gasteiger partial charge on any atom is -0.471 e. The van der Waals surface area contributed by atoms with Crippen LogP contribution < -0.4 is 10.3 Å². The van der Waals surface area contributed by atoms with Crippen molar-refractivity contribution in [2.75, 3.05) is 13.1 Å². The van der Waals surface area contributed by atoms with Gasteiger partial charge in [0.05, 0.1) is 24.7 Å². The van der Waals surface area contributed by atoms with Crippen LogP contribution in [0.3, 0.4) is 0 Å². The first-order valence-corrected chi connectivity index (χ1v) is 6.53. The molecule has 0 saturated carbocycles. The van der Waals surface area contributed by atoms with Crippen molar-refractivity contribution in [2.45, 2.75) is 6.10 Å². The van der Waals surface area contributed by atoms with E-state index in [0.717, 1.165) is 0 Å². The van der Waals surface area contributed by atoms with Crippen LogP contribution in [0.5, 0.6) is 5.88 Å². The molecular weight excluding hydrogens is 286 g/mol. The van der Waals surface area contributed by atoms with E-state index in [-0.39, 0.29) is 23.3 Å². The quantitative estimate of drug-likeness (QED) is 0.849. The van der Waals surface area contributed by atoms with Crippen LogP contribution in [-0.2, 0) is 0 Å². The Kier molecular flexibility index (Phi) is 3.53. The Labute approximate surface area is 125 Å². The van der Waals surface area contributed by atoms with Gasteiger partial charge in [0.1, 0.15) is 11.8 Å². The molecule has 0 unspecified atom stereocenters. The Balaban J connectivity index is 1.57. The first kappa shape index (κ1) is 13.8. The minimum absolute atomic E-state index is 0.173. The first-order chi connectivity index (χ1) is 10.7. The van der Waals surface area contributed by atoms with Crippen LogP contribution in [0.15, 0.2) is 35.3 Å². The zero-order valence-electron chi connectivity index (χ0n) is 11.4. The molecule has 2 aromatic rings. The van der Waals surface area contributed by atoms with Crippen LogP contribution in [0.4, 0.5) is 0 Å². The molecule has 110 valence electrons. The van der Waals surface area contributed by atoms with Gasteiger partial charge in [-0.15, -0.1) is 0 Å². The molecule has 0 aliphatic carbocycles. The summed E-state index contributed by atoms with van der Waals surface area (Å²) in [5.74, 6) is 0.0909. The standard InChI is InChI=1S/C14H11N5O3/c15-6-9-3-4-16-13(5-9)22-10-7-19(8-10)14(21)11-1-2-12(20)18-17-11/h1-5,10H,7-8H2,(H,18,20). The van der Waals surface area contributed by atoms with Crippen LogP contribution in [0.1, 0.15) is 16.1 Å². The Hall–Kier alpha value is -3.21. The second kappa shape index (κ2) is 5.65. The SMILES string of the molecule is N#Cc1ccnc(OC2CN(C(=O)c3ccc(=O)[nH]n3)C2)c1. The molecule has 3 rings (SSSR count). The molecule has 8 heteroatoms. The van der Waals surface area contributed by atoms with Gasteiger partial charge < -0.3 is 9.64 Å². The predicted octanol–water partition coefficient (Wildman–Crippen LogP) is -0.0600. The summed E-state index contributed by atoms with van der Waals surface area (Å²) in [5, 5.41) is 14.7. The van der Waals surface area contributed by atoms with Crippen molar-refractivity contribution < 1.29 is 9.53 Å². The number of nitriles is 1. The van der Waals surface area contributed by atoms with Gasteiger partial charge in [-0.1, -0.05) is 0 Å². The Morgan fingerprint density at radius 3 is 2.91 bits per heavy atom. The second-order valence-corrected chi connectivity index (χ2v) is 4.75. The summed E-state index contributed by atoms with van der Waals surface area (Å²) in [6.07, 6.45) is 1.33. The highest BCUT2D eigenvalue weighted by atomic mass is 16.5. The molecule has 0 bridgehead atoms. The van der Waals surface area contributed by atoms with Gasteiger partial charge in [0.15, 0.2) is 0 Å². The molecule has 1 saturated heterocycles. The minimum atomic E-state index is -0.357. The average molecular weight is 297 g/mol. The third kappa shape index (κ3) is 2.78. The third-order valence-corrected chi connectivity index (χ3v) is 3.18. The van der Waals surface area contributed by atoms with E-state index in [1.54, 1.807) is 17.0 Å². The predicted molar refractivity (Wildman–Crippen MR) is 74.1 cm³/mol. The molecule has 0 atom stereocenters. The number of likely N-dealkylation sites (tertiary alicyclic amines) is 1. The molecule has 1 aliphatic heterocycles. The summed E-state index contributed by atoms with van der Waals surface area (Å²) >= 11 is 0. The molecule has 8 nitrogen and oxygen atoms in total. The average Bonchev–Trinajstić information content (AvgIpc) is 2.51. The highest BCUT2D eigenvalue weighted by Gasteiger charge is 2.33. The summed E-state index contributed by atoms with van der Waals surface area (Å²) < 4.78 is 5.59. The molecule has 1 amide bonds. The molecule has 0 radical (unpaired) electrons. The maximum absolute atomic E-state index is 12.1. The van der Waals surface area contributed by atoms with Crippen LogP contribution in [0, 0.1) is 11.3 Å². The van der Waals surface area contributed by atoms with Crippen molar-refractivity contribution in [3.63, 3.8) is 0 Å². The van der Waals surface area contributed by atoms with Crippen molar-refractivity contribution in [2.24, 2.45) is 0 Å². The second-order valence-electron chi connectivity index (χ2n) is 4.75. The zero-order chi connectivity index (χ0) is 15.5. The number of aromatic nitrogens is 3. The van der Waals surface area contributed by atoms with E-state index >= 15 is 0 Å². The Morgan fingerprint density at radius 1 is 1.41 bits per heavy atom. The van der Waals surface area contributed by atoms with Gasteiger partial charge in [-0.25, -0.2) is 10.1 Å². The number of carbonyl (C=O) groups is 1. The molecule has 2 aromatic heterocycles. The lowest BCUT2D eigenvalue weighted by molar-refractivity contribution is 0.0155. The number of rotatable bonds is 3. The molecule has 1 fully saturated rings. The van der Waals surface area contributed by atoms with E-state index in [9.17, 15) is 9.59 Å².